The van der Waals surface area contributed by atoms with Gasteiger partial charge in [-0.05, 0) is 30.7 Å². The standard InChI is InChI=1S/C23H23FN2O6/c1-3-30-23(29)19-20(27)17-8-15(14-4-6-16(24)7-5-14)9-25-21(17)26(22(19)28)10-18-31-11-13(2)12-32-18/h4-9,13,18,27H,3,10-12H2,1-2H3. The van der Waals surface area contributed by atoms with Crippen molar-refractivity contribution in [1.82, 2.24) is 9.55 Å². The van der Waals surface area contributed by atoms with Crippen LogP contribution in [0.3, 0.4) is 0 Å². The highest BCUT2D eigenvalue weighted by molar-refractivity contribution is 5.99. The third-order valence-corrected chi connectivity index (χ3v) is 5.20. The molecule has 1 saturated heterocycles. The first-order valence-electron chi connectivity index (χ1n) is 10.3. The third kappa shape index (κ3) is 4.21. The van der Waals surface area contributed by atoms with E-state index in [0.29, 0.717) is 24.3 Å². The van der Waals surface area contributed by atoms with Crippen molar-refractivity contribution >= 4 is 17.0 Å². The summed E-state index contributed by atoms with van der Waals surface area (Å²) in [6.45, 7) is 4.56. The van der Waals surface area contributed by atoms with Gasteiger partial charge >= 0.3 is 5.97 Å². The van der Waals surface area contributed by atoms with Gasteiger partial charge in [0.1, 0.15) is 17.2 Å². The smallest absolute Gasteiger partial charge is 0.347 e. The second-order valence-electron chi connectivity index (χ2n) is 7.66. The number of benzene rings is 1. The minimum atomic E-state index is -0.933. The quantitative estimate of drug-likeness (QED) is 0.606. The second-order valence-corrected chi connectivity index (χ2v) is 7.66. The number of pyridine rings is 2. The molecule has 0 aliphatic carbocycles. The molecule has 0 radical (unpaired) electrons. The molecular weight excluding hydrogens is 419 g/mol. The van der Waals surface area contributed by atoms with Crippen molar-refractivity contribution in [3.8, 4) is 16.9 Å². The van der Waals surface area contributed by atoms with Gasteiger partial charge in [-0.15, -0.1) is 0 Å². The maximum atomic E-state index is 13.3. The Labute approximate surface area is 183 Å². The molecule has 2 aromatic heterocycles. The highest BCUT2D eigenvalue weighted by Gasteiger charge is 2.27. The molecule has 0 spiro atoms. The molecule has 1 aliphatic rings. The Hall–Kier alpha value is -3.30. The number of hydrogen-bond donors (Lipinski definition) is 1. The van der Waals surface area contributed by atoms with Crippen LogP contribution >= 0.6 is 0 Å². The van der Waals surface area contributed by atoms with Gasteiger partial charge in [0, 0.05) is 17.7 Å². The van der Waals surface area contributed by atoms with Crippen molar-refractivity contribution in [2.45, 2.75) is 26.7 Å². The molecule has 1 aromatic carbocycles. The lowest BCUT2D eigenvalue weighted by Gasteiger charge is -2.28. The van der Waals surface area contributed by atoms with E-state index in [2.05, 4.69) is 4.98 Å². The van der Waals surface area contributed by atoms with Gasteiger partial charge in [0.15, 0.2) is 11.9 Å². The summed E-state index contributed by atoms with van der Waals surface area (Å²) < 4.78 is 30.9. The Morgan fingerprint density at radius 1 is 1.25 bits per heavy atom. The van der Waals surface area contributed by atoms with Crippen molar-refractivity contribution in [3.63, 3.8) is 0 Å². The molecule has 0 bridgehead atoms. The van der Waals surface area contributed by atoms with Gasteiger partial charge in [0.05, 0.1) is 31.8 Å². The molecule has 32 heavy (non-hydrogen) atoms. The molecule has 0 saturated carbocycles. The zero-order valence-electron chi connectivity index (χ0n) is 17.7. The molecule has 1 aliphatic heterocycles. The van der Waals surface area contributed by atoms with Crippen LogP contribution in [0.4, 0.5) is 4.39 Å². The molecule has 0 atom stereocenters. The number of nitrogens with zero attached hydrogens (tertiary/aromatic N) is 2. The second kappa shape index (κ2) is 9.05. The minimum absolute atomic E-state index is 0.0162. The van der Waals surface area contributed by atoms with Crippen LogP contribution in [0, 0.1) is 11.7 Å². The van der Waals surface area contributed by atoms with E-state index < -0.39 is 29.1 Å². The zero-order chi connectivity index (χ0) is 22.8. The van der Waals surface area contributed by atoms with Gasteiger partial charge in [0.25, 0.3) is 5.56 Å². The molecule has 9 heteroatoms. The maximum Gasteiger partial charge on any atom is 0.347 e. The number of aromatic hydroxyl groups is 1. The molecule has 0 unspecified atom stereocenters. The van der Waals surface area contributed by atoms with Gasteiger partial charge in [0.2, 0.25) is 0 Å². The van der Waals surface area contributed by atoms with E-state index in [1.165, 1.54) is 22.9 Å². The van der Waals surface area contributed by atoms with Crippen molar-refractivity contribution < 1.29 is 28.5 Å². The van der Waals surface area contributed by atoms with E-state index in [0.717, 1.165) is 0 Å². The summed E-state index contributed by atoms with van der Waals surface area (Å²) in [5.74, 6) is -1.61. The summed E-state index contributed by atoms with van der Waals surface area (Å²) in [4.78, 5) is 30.0. The Balaban J connectivity index is 1.87. The lowest BCUT2D eigenvalue weighted by molar-refractivity contribution is -0.203. The summed E-state index contributed by atoms with van der Waals surface area (Å²) in [5, 5.41) is 11.0. The first kappa shape index (κ1) is 21.9. The van der Waals surface area contributed by atoms with Crippen molar-refractivity contribution in [3.05, 3.63) is 58.3 Å². The average molecular weight is 442 g/mol. The summed E-state index contributed by atoms with van der Waals surface area (Å²) in [5.41, 5.74) is 0.162. The van der Waals surface area contributed by atoms with Crippen LogP contribution in [0.5, 0.6) is 5.75 Å². The Morgan fingerprint density at radius 2 is 1.94 bits per heavy atom. The van der Waals surface area contributed by atoms with E-state index in [9.17, 15) is 19.1 Å². The van der Waals surface area contributed by atoms with E-state index in [1.54, 1.807) is 25.1 Å². The van der Waals surface area contributed by atoms with Gasteiger partial charge in [-0.25, -0.2) is 14.2 Å². The number of carbonyl (C=O) groups is 1. The molecule has 3 heterocycles. The maximum absolute atomic E-state index is 13.3. The Bertz CT molecular complexity index is 1200. The molecule has 0 amide bonds. The van der Waals surface area contributed by atoms with Crippen LogP contribution < -0.4 is 5.56 Å². The summed E-state index contributed by atoms with van der Waals surface area (Å²) in [7, 11) is 0. The number of ether oxygens (including phenoxy) is 3. The lowest BCUT2D eigenvalue weighted by atomic mass is 10.0. The fourth-order valence-electron chi connectivity index (χ4n) is 3.56. The van der Waals surface area contributed by atoms with E-state index in [4.69, 9.17) is 14.2 Å². The van der Waals surface area contributed by atoms with Crippen LogP contribution in [0.25, 0.3) is 22.2 Å². The predicted octanol–water partition coefficient (Wildman–Crippen LogP) is 3.09. The SMILES string of the molecule is CCOC(=O)c1c(O)c2cc(-c3ccc(F)cc3)cnc2n(CC2OCC(C)CO2)c1=O. The van der Waals surface area contributed by atoms with Crippen LogP contribution in [0.1, 0.15) is 24.2 Å². The first-order valence-corrected chi connectivity index (χ1v) is 10.3. The molecular formula is C23H23FN2O6. The summed E-state index contributed by atoms with van der Waals surface area (Å²) in [6, 6.07) is 7.35. The fraction of sp³-hybridized carbons (Fsp3) is 0.348. The van der Waals surface area contributed by atoms with Gasteiger partial charge in [-0.2, -0.15) is 0 Å². The van der Waals surface area contributed by atoms with Gasteiger partial charge in [-0.3, -0.25) is 9.36 Å². The number of halogens is 1. The predicted molar refractivity (Wildman–Crippen MR) is 114 cm³/mol. The molecule has 8 nitrogen and oxygen atoms in total. The molecule has 168 valence electrons. The molecule has 1 fully saturated rings. The first-order chi connectivity index (χ1) is 15.4. The number of hydrogen-bond acceptors (Lipinski definition) is 7. The third-order valence-electron chi connectivity index (χ3n) is 5.20. The lowest BCUT2D eigenvalue weighted by Crippen LogP contribution is -2.38. The molecule has 4 rings (SSSR count). The normalized spacial score (nSPS) is 18.6. The van der Waals surface area contributed by atoms with Crippen LogP contribution in [0.15, 0.2) is 41.3 Å². The fourth-order valence-corrected chi connectivity index (χ4v) is 3.56. The van der Waals surface area contributed by atoms with E-state index in [-0.39, 0.29) is 35.9 Å². The highest BCUT2D eigenvalue weighted by atomic mass is 19.1. The van der Waals surface area contributed by atoms with Crippen LogP contribution in [0.2, 0.25) is 0 Å². The zero-order valence-corrected chi connectivity index (χ0v) is 17.7. The number of fused-ring (bicyclic) bond motifs is 1. The summed E-state index contributed by atoms with van der Waals surface area (Å²) >= 11 is 0. The van der Waals surface area contributed by atoms with Crippen molar-refractivity contribution in [1.29, 1.82) is 0 Å². The number of rotatable bonds is 5. The largest absolute Gasteiger partial charge is 0.506 e. The Morgan fingerprint density at radius 3 is 2.59 bits per heavy atom. The van der Waals surface area contributed by atoms with Crippen molar-refractivity contribution in [2.75, 3.05) is 19.8 Å². The van der Waals surface area contributed by atoms with E-state index >= 15 is 0 Å². The van der Waals surface area contributed by atoms with Crippen LogP contribution in [-0.2, 0) is 20.8 Å². The minimum Gasteiger partial charge on any atom is -0.506 e. The van der Waals surface area contributed by atoms with Gasteiger partial charge in [-0.1, -0.05) is 19.1 Å². The highest BCUT2D eigenvalue weighted by Crippen LogP contribution is 2.30. The molecule has 1 N–H and O–H groups in total. The number of aromatic nitrogens is 2. The average Bonchev–Trinajstić information content (AvgIpc) is 2.78. The molecule has 3 aromatic rings. The van der Waals surface area contributed by atoms with E-state index in [1.807, 2.05) is 6.92 Å². The topological polar surface area (TPSA) is 99.9 Å². The Kier molecular flexibility index (Phi) is 6.20. The van der Waals surface area contributed by atoms with Gasteiger partial charge < -0.3 is 19.3 Å². The number of esters is 1. The van der Waals surface area contributed by atoms with Crippen LogP contribution in [-0.4, -0.2) is 46.7 Å². The monoisotopic (exact) mass is 442 g/mol. The van der Waals surface area contributed by atoms with Crippen molar-refractivity contribution in [2.24, 2.45) is 5.92 Å². The summed E-state index contributed by atoms with van der Waals surface area (Å²) in [6.07, 6.45) is 0.810. The number of carbonyl (C=O) groups excluding carboxylic acids is 1.